The number of carbonyl (C=O) groups is 9. The molecular weight excluding hydrogens is 1050 g/mol. The summed E-state index contributed by atoms with van der Waals surface area (Å²) in [6.45, 7) is 4.88. The van der Waals surface area contributed by atoms with Gasteiger partial charge in [-0.15, -0.1) is 11.8 Å². The number of rotatable bonds is 24. The highest BCUT2D eigenvalue weighted by Crippen LogP contribution is 2.46. The number of aliphatic hydroxyl groups is 1. The van der Waals surface area contributed by atoms with Crippen molar-refractivity contribution in [3.05, 3.63) is 97.6 Å². The molecule has 1 saturated heterocycles. The third-order valence-electron chi connectivity index (χ3n) is 14.5. The number of aryl methyl sites for hydroxylation is 1. The lowest BCUT2D eigenvalue weighted by atomic mass is 9.81. The van der Waals surface area contributed by atoms with Crippen molar-refractivity contribution in [2.75, 3.05) is 39.5 Å². The predicted molar refractivity (Wildman–Crippen MR) is 285 cm³/mol. The Morgan fingerprint density at radius 3 is 2.37 bits per heavy atom. The molecule has 0 bridgehead atoms. The zero-order valence-electron chi connectivity index (χ0n) is 44.3. The molecule has 8 rings (SSSR count). The summed E-state index contributed by atoms with van der Waals surface area (Å²) in [5, 5.41) is 27.3. The van der Waals surface area contributed by atoms with E-state index in [9.17, 15) is 53.1 Å². The van der Waals surface area contributed by atoms with E-state index >= 15 is 4.39 Å². The summed E-state index contributed by atoms with van der Waals surface area (Å²) in [5.41, 5.74) is 1.84. The molecule has 4 aromatic rings. The maximum atomic E-state index is 15.4. The van der Waals surface area contributed by atoms with Crippen LogP contribution in [0.4, 0.5) is 4.39 Å². The van der Waals surface area contributed by atoms with E-state index in [1.165, 1.54) is 27.3 Å². The van der Waals surface area contributed by atoms with Crippen LogP contribution < -0.4 is 37.5 Å². The van der Waals surface area contributed by atoms with Crippen LogP contribution in [0.2, 0.25) is 0 Å². The number of thioether (sulfide) groups is 1. The molecular formula is C55H64FN9O13S. The van der Waals surface area contributed by atoms with Crippen molar-refractivity contribution in [1.29, 1.82) is 0 Å². The molecule has 0 radical (unpaired) electrons. The number of pyridine rings is 2. The van der Waals surface area contributed by atoms with Crippen molar-refractivity contribution in [2.45, 2.75) is 127 Å². The average Bonchev–Trinajstić information content (AvgIpc) is 4.18. The summed E-state index contributed by atoms with van der Waals surface area (Å²) in [5.74, 6) is -5.39. The Hall–Kier alpha value is -7.57. The summed E-state index contributed by atoms with van der Waals surface area (Å²) in [6, 6.07) is 9.85. The van der Waals surface area contributed by atoms with Gasteiger partial charge >= 0.3 is 5.97 Å². The molecule has 0 spiro atoms. The number of ether oxygens (including phenoxy) is 2. The van der Waals surface area contributed by atoms with Crippen LogP contribution in [0.5, 0.6) is 0 Å². The monoisotopic (exact) mass is 1110 g/mol. The number of unbranched alkanes of at least 4 members (excludes halogenated alkanes) is 2. The number of cyclic esters (lactones) is 1. The lowest BCUT2D eigenvalue weighted by molar-refractivity contribution is -0.172. The fourth-order valence-electron chi connectivity index (χ4n) is 10.4. The Balaban J connectivity index is 0.784. The second kappa shape index (κ2) is 25.0. The maximum Gasteiger partial charge on any atom is 0.343 e. The van der Waals surface area contributed by atoms with E-state index < -0.39 is 103 Å². The highest BCUT2D eigenvalue weighted by molar-refractivity contribution is 8.01. The number of aromatic nitrogens is 2. The molecule has 3 aliphatic heterocycles. The van der Waals surface area contributed by atoms with E-state index in [0.29, 0.717) is 76.6 Å². The smallest absolute Gasteiger partial charge is 0.343 e. The lowest BCUT2D eigenvalue weighted by Gasteiger charge is -2.31. The molecule has 0 saturated carbocycles. The van der Waals surface area contributed by atoms with Gasteiger partial charge in [0.05, 0.1) is 59.9 Å². The molecule has 5 heterocycles. The summed E-state index contributed by atoms with van der Waals surface area (Å²) in [4.78, 5) is 135. The molecule has 7 N–H and O–H groups in total. The number of halogens is 1. The first kappa shape index (κ1) is 57.6. The molecule has 1 aliphatic carbocycles. The van der Waals surface area contributed by atoms with Gasteiger partial charge in [-0.1, -0.05) is 57.5 Å². The largest absolute Gasteiger partial charge is 0.458 e. The number of benzene rings is 2. The maximum absolute atomic E-state index is 15.4. The van der Waals surface area contributed by atoms with Crippen molar-refractivity contribution in [3.8, 4) is 11.4 Å². The minimum Gasteiger partial charge on any atom is -0.458 e. The van der Waals surface area contributed by atoms with E-state index in [1.807, 2.05) is 13.8 Å². The first-order valence-corrected chi connectivity index (χ1v) is 27.3. The molecule has 420 valence electrons. The molecule has 24 heteroatoms. The first-order valence-electron chi connectivity index (χ1n) is 26.4. The number of imide groups is 1. The number of fused-ring (bicyclic) bond motifs is 5. The summed E-state index contributed by atoms with van der Waals surface area (Å²) < 4.78 is 27.6. The van der Waals surface area contributed by atoms with Gasteiger partial charge in [0.25, 0.3) is 5.56 Å². The second-order valence-corrected chi connectivity index (χ2v) is 22.0. The third kappa shape index (κ3) is 13.0. The molecule has 8 amide bonds. The number of amides is 8. The SMILES string of the molecule is CC[C@@]1(O)C(=O)OCc2c1cc1n(c2=O)Cc2c-1nc1cc(F)c(C)c3c1c2[C@@H](NC(=O)COCNC(=O)CNC(=O)[C@H](Cc1ccccc1)NC(=O)CNC(=O)CNC(=O)CCCCCN1C(=O)CC(SC(C)C)C1=O)CC3. The molecule has 2 aromatic carbocycles. The van der Waals surface area contributed by atoms with Crippen LogP contribution in [0.25, 0.3) is 22.3 Å². The van der Waals surface area contributed by atoms with E-state index in [4.69, 9.17) is 14.5 Å². The van der Waals surface area contributed by atoms with Gasteiger partial charge in [-0.2, -0.15) is 0 Å². The van der Waals surface area contributed by atoms with Crippen molar-refractivity contribution < 1.29 is 62.1 Å². The van der Waals surface area contributed by atoms with E-state index in [2.05, 4.69) is 31.9 Å². The van der Waals surface area contributed by atoms with Gasteiger partial charge in [0.2, 0.25) is 47.3 Å². The lowest BCUT2D eigenvalue weighted by Crippen LogP contribution is -2.52. The fraction of sp³-hybridized carbons (Fsp3) is 0.473. The summed E-state index contributed by atoms with van der Waals surface area (Å²) >= 11 is 1.47. The Labute approximate surface area is 458 Å². The van der Waals surface area contributed by atoms with Crippen LogP contribution in [0.1, 0.15) is 111 Å². The molecule has 79 heavy (non-hydrogen) atoms. The van der Waals surface area contributed by atoms with Crippen molar-refractivity contribution in [3.63, 3.8) is 0 Å². The van der Waals surface area contributed by atoms with Gasteiger partial charge in [0.1, 0.15) is 31.8 Å². The van der Waals surface area contributed by atoms with Crippen LogP contribution in [0, 0.1) is 12.7 Å². The Bertz CT molecular complexity index is 3170. The van der Waals surface area contributed by atoms with Gasteiger partial charge in [0.15, 0.2) is 5.60 Å². The normalized spacial score (nSPS) is 18.3. The molecule has 1 fully saturated rings. The molecule has 4 aliphatic rings. The Kier molecular flexibility index (Phi) is 18.3. The highest BCUT2D eigenvalue weighted by Gasteiger charge is 2.46. The number of carbonyl (C=O) groups excluding carboxylic acids is 9. The quantitative estimate of drug-likeness (QED) is 0.0200. The van der Waals surface area contributed by atoms with Crippen LogP contribution in [0.15, 0.2) is 47.3 Å². The van der Waals surface area contributed by atoms with Gasteiger partial charge < -0.3 is 51.0 Å². The first-order chi connectivity index (χ1) is 37.8. The number of likely N-dealkylation sites (tertiary alicyclic amines) is 1. The Morgan fingerprint density at radius 2 is 1.62 bits per heavy atom. The number of esters is 1. The number of hydrogen-bond donors (Lipinski definition) is 7. The molecule has 22 nitrogen and oxygen atoms in total. The summed E-state index contributed by atoms with van der Waals surface area (Å²) in [6.07, 6.45) is 2.67. The standard InChI is InChI=1S/C55H64FN9O13S/c1-5-55(76)35-19-40-50-33(25-65(40)52(73)34(35)26-78-54(55)75)49-37(16-15-32-30(4)36(56)20-38(63-50)48(32)49)61-46(70)27-77-28-60-44(68)23-59-51(72)39(18-31-12-8-6-9-13-31)62-45(69)24-58-43(67)22-57-42(66)14-10-7-11-17-64-47(71)21-41(53(64)74)79-29(2)3/h6,8-9,12-13,19-20,29,37,39,41,76H,5,7,10-11,14-18,21-28H2,1-4H3,(H,57,66)(H,58,67)(H,59,72)(H,60,68)(H,61,70)(H,62,69)/t37-,39-,41?,55-/m0/s1. The van der Waals surface area contributed by atoms with Crippen LogP contribution in [-0.4, -0.2) is 129 Å². The van der Waals surface area contributed by atoms with Crippen molar-refractivity contribution in [2.24, 2.45) is 0 Å². The summed E-state index contributed by atoms with van der Waals surface area (Å²) in [7, 11) is 0. The average molecular weight is 1110 g/mol. The molecule has 4 atom stereocenters. The van der Waals surface area contributed by atoms with Gasteiger partial charge in [0, 0.05) is 48.4 Å². The van der Waals surface area contributed by atoms with Gasteiger partial charge in [-0.05, 0) is 72.6 Å². The minimum absolute atomic E-state index is 0.0374. The van der Waals surface area contributed by atoms with Crippen LogP contribution in [0.3, 0.4) is 0 Å². The molecule has 2 aromatic heterocycles. The minimum atomic E-state index is -2.05. The van der Waals surface area contributed by atoms with Gasteiger partial charge in [-0.3, -0.25) is 48.1 Å². The highest BCUT2D eigenvalue weighted by atomic mass is 32.2. The van der Waals surface area contributed by atoms with Gasteiger partial charge in [-0.25, -0.2) is 14.2 Å². The van der Waals surface area contributed by atoms with Crippen LogP contribution in [-0.2, 0) is 84.2 Å². The zero-order valence-corrected chi connectivity index (χ0v) is 45.2. The fourth-order valence-corrected chi connectivity index (χ4v) is 11.6. The molecule has 1 unspecified atom stereocenters. The number of nitrogens with zero attached hydrogens (tertiary/aromatic N) is 3. The van der Waals surface area contributed by atoms with E-state index in [-0.39, 0.29) is 78.8 Å². The Morgan fingerprint density at radius 1 is 0.899 bits per heavy atom. The number of nitrogens with one attached hydrogen (secondary N) is 6. The third-order valence-corrected chi connectivity index (χ3v) is 15.7. The van der Waals surface area contributed by atoms with Crippen molar-refractivity contribution >= 4 is 75.9 Å². The zero-order chi connectivity index (χ0) is 56.7. The number of hydrogen-bond acceptors (Lipinski definition) is 15. The van der Waals surface area contributed by atoms with Crippen molar-refractivity contribution in [1.82, 2.24) is 46.4 Å². The topological polar surface area (TPSA) is 303 Å². The second-order valence-electron chi connectivity index (χ2n) is 20.2. The van der Waals surface area contributed by atoms with E-state index in [0.717, 1.165) is 5.56 Å². The van der Waals surface area contributed by atoms with Crippen LogP contribution >= 0.6 is 11.8 Å². The van der Waals surface area contributed by atoms with E-state index in [1.54, 1.807) is 50.2 Å². The predicted octanol–water partition coefficient (Wildman–Crippen LogP) is 1.63.